The Bertz CT molecular complexity index is 203. The van der Waals surface area contributed by atoms with Crippen LogP contribution in [-0.4, -0.2) is 34.1 Å². The van der Waals surface area contributed by atoms with Gasteiger partial charge in [-0.05, 0) is 13.0 Å². The largest absolute Gasteiger partial charge is 0.387 e. The van der Waals surface area contributed by atoms with Gasteiger partial charge in [0.25, 0.3) is 0 Å². The van der Waals surface area contributed by atoms with E-state index in [1.807, 2.05) is 0 Å². The van der Waals surface area contributed by atoms with E-state index < -0.39 is 23.9 Å². The van der Waals surface area contributed by atoms with Gasteiger partial charge in [-0.15, -0.1) is 0 Å². The average Bonchev–Trinajstić information content (AvgIpc) is 2.01. The van der Waals surface area contributed by atoms with Crippen LogP contribution in [0, 0.1) is 0 Å². The minimum absolute atomic E-state index is 0.521. The monoisotopic (exact) mass is 158 g/mol. The van der Waals surface area contributed by atoms with Crippen LogP contribution in [0.25, 0.3) is 0 Å². The highest BCUT2D eigenvalue weighted by molar-refractivity contribution is 5.17. The predicted octanol–water partition coefficient (Wildman–Crippen LogP) is -0.633. The van der Waals surface area contributed by atoms with Crippen LogP contribution < -0.4 is 0 Å². The van der Waals surface area contributed by atoms with E-state index in [0.717, 1.165) is 0 Å². The standard InChI is InChI=1S/C7H10O4/c1-7-3-2-4(10-11-7)5(8)6(7)9/h2-6,8-9H,1H3/t4-,5+,6+,7+/m1/s1. The van der Waals surface area contributed by atoms with Gasteiger partial charge >= 0.3 is 0 Å². The van der Waals surface area contributed by atoms with Gasteiger partial charge in [-0.1, -0.05) is 6.08 Å². The third-order valence-corrected chi connectivity index (χ3v) is 2.20. The van der Waals surface area contributed by atoms with Crippen LogP contribution in [0.5, 0.6) is 0 Å². The van der Waals surface area contributed by atoms with Gasteiger partial charge in [-0.25, -0.2) is 9.78 Å². The Hall–Kier alpha value is -0.420. The van der Waals surface area contributed by atoms with Gasteiger partial charge in [0, 0.05) is 0 Å². The number of hydrogen-bond acceptors (Lipinski definition) is 4. The second kappa shape index (κ2) is 2.04. The summed E-state index contributed by atoms with van der Waals surface area (Å²) in [4.78, 5) is 9.62. The first-order chi connectivity index (χ1) is 5.13. The second-order valence-corrected chi connectivity index (χ2v) is 3.12. The maximum atomic E-state index is 9.42. The van der Waals surface area contributed by atoms with Crippen molar-refractivity contribution in [3.05, 3.63) is 12.2 Å². The van der Waals surface area contributed by atoms with Crippen molar-refractivity contribution in [2.75, 3.05) is 0 Å². The van der Waals surface area contributed by atoms with Crippen LogP contribution in [-0.2, 0) is 9.78 Å². The van der Waals surface area contributed by atoms with E-state index in [0.29, 0.717) is 0 Å². The summed E-state index contributed by atoms with van der Waals surface area (Å²) in [5.41, 5.74) is -0.881. The average molecular weight is 158 g/mol. The number of hydrogen-bond donors (Lipinski definition) is 2. The zero-order chi connectivity index (χ0) is 8.06. The van der Waals surface area contributed by atoms with Gasteiger partial charge in [-0.3, -0.25) is 0 Å². The lowest BCUT2D eigenvalue weighted by molar-refractivity contribution is -0.430. The van der Waals surface area contributed by atoms with E-state index in [1.54, 1.807) is 19.1 Å². The zero-order valence-electron chi connectivity index (χ0n) is 6.10. The molecule has 0 spiro atoms. The molecule has 0 saturated carbocycles. The summed E-state index contributed by atoms with van der Waals surface area (Å²) in [6.07, 6.45) is 1.11. The molecule has 0 radical (unpaired) electrons. The highest BCUT2D eigenvalue weighted by atomic mass is 17.2. The third kappa shape index (κ3) is 0.841. The molecule has 0 aromatic carbocycles. The molecular formula is C7H10O4. The fourth-order valence-corrected chi connectivity index (χ4v) is 1.34. The summed E-state index contributed by atoms with van der Waals surface area (Å²) in [5.74, 6) is 0. The molecule has 0 aromatic heterocycles. The van der Waals surface area contributed by atoms with Crippen molar-refractivity contribution in [3.8, 4) is 0 Å². The zero-order valence-corrected chi connectivity index (χ0v) is 6.10. The Morgan fingerprint density at radius 1 is 1.45 bits per heavy atom. The maximum Gasteiger partial charge on any atom is 0.147 e. The molecule has 0 amide bonds. The number of aliphatic hydroxyl groups excluding tert-OH is 2. The van der Waals surface area contributed by atoms with Gasteiger partial charge < -0.3 is 10.2 Å². The summed E-state index contributed by atoms with van der Waals surface area (Å²) in [5, 5.41) is 18.7. The van der Waals surface area contributed by atoms with E-state index in [2.05, 4.69) is 0 Å². The van der Waals surface area contributed by atoms with E-state index in [4.69, 9.17) is 9.78 Å². The smallest absolute Gasteiger partial charge is 0.147 e. The SMILES string of the molecule is C[C@@]12C=C[C@@H](OO1)[C@H](O)[C@@H]2O. The minimum atomic E-state index is -0.897. The highest BCUT2D eigenvalue weighted by Crippen LogP contribution is 2.34. The molecule has 1 fully saturated rings. The molecule has 4 nitrogen and oxygen atoms in total. The van der Waals surface area contributed by atoms with E-state index in [1.165, 1.54) is 0 Å². The van der Waals surface area contributed by atoms with Crippen LogP contribution in [0.4, 0.5) is 0 Å². The molecule has 2 heterocycles. The predicted molar refractivity (Wildman–Crippen MR) is 35.5 cm³/mol. The van der Waals surface area contributed by atoms with Crippen LogP contribution in [0.3, 0.4) is 0 Å². The molecule has 1 saturated heterocycles. The molecule has 62 valence electrons. The van der Waals surface area contributed by atoms with Crippen molar-refractivity contribution in [3.63, 3.8) is 0 Å². The van der Waals surface area contributed by atoms with Crippen LogP contribution in [0.15, 0.2) is 12.2 Å². The van der Waals surface area contributed by atoms with Crippen molar-refractivity contribution in [2.45, 2.75) is 30.8 Å². The molecule has 3 rings (SSSR count). The second-order valence-electron chi connectivity index (χ2n) is 3.12. The summed E-state index contributed by atoms with van der Waals surface area (Å²) in [7, 11) is 0. The molecule has 1 aliphatic carbocycles. The lowest BCUT2D eigenvalue weighted by Gasteiger charge is -2.44. The Morgan fingerprint density at radius 2 is 2.18 bits per heavy atom. The highest BCUT2D eigenvalue weighted by Gasteiger charge is 2.49. The molecule has 0 aromatic rings. The van der Waals surface area contributed by atoms with Crippen molar-refractivity contribution in [1.29, 1.82) is 0 Å². The number of rotatable bonds is 0. The number of aliphatic hydroxyl groups is 2. The van der Waals surface area contributed by atoms with Gasteiger partial charge in [0.1, 0.15) is 23.9 Å². The summed E-state index contributed by atoms with van der Waals surface area (Å²) >= 11 is 0. The fourth-order valence-electron chi connectivity index (χ4n) is 1.34. The van der Waals surface area contributed by atoms with Gasteiger partial charge in [0.15, 0.2) is 0 Å². The summed E-state index contributed by atoms with van der Waals surface area (Å²) in [6, 6.07) is 0. The first kappa shape index (κ1) is 7.24. The summed E-state index contributed by atoms with van der Waals surface area (Å²) < 4.78 is 0. The third-order valence-electron chi connectivity index (χ3n) is 2.20. The molecule has 0 unspecified atom stereocenters. The van der Waals surface area contributed by atoms with E-state index in [-0.39, 0.29) is 0 Å². The quantitative estimate of drug-likeness (QED) is 0.364. The first-order valence-electron chi connectivity index (χ1n) is 3.53. The van der Waals surface area contributed by atoms with E-state index >= 15 is 0 Å². The Labute approximate surface area is 64.0 Å². The van der Waals surface area contributed by atoms with Crippen molar-refractivity contribution in [2.24, 2.45) is 0 Å². The van der Waals surface area contributed by atoms with Crippen LogP contribution in [0.2, 0.25) is 0 Å². The van der Waals surface area contributed by atoms with Gasteiger partial charge in [-0.2, -0.15) is 0 Å². The minimum Gasteiger partial charge on any atom is -0.387 e. The molecule has 3 aliphatic rings. The molecule has 2 N–H and O–H groups in total. The molecular weight excluding hydrogens is 148 g/mol. The lowest BCUT2D eigenvalue weighted by Crippen LogP contribution is -2.60. The van der Waals surface area contributed by atoms with Gasteiger partial charge in [0.05, 0.1) is 0 Å². The molecule has 2 bridgehead atoms. The first-order valence-corrected chi connectivity index (χ1v) is 3.53. The Morgan fingerprint density at radius 3 is 2.55 bits per heavy atom. The lowest BCUT2D eigenvalue weighted by atomic mass is 9.85. The van der Waals surface area contributed by atoms with E-state index in [9.17, 15) is 10.2 Å². The van der Waals surface area contributed by atoms with Crippen LogP contribution >= 0.6 is 0 Å². The molecule has 2 aliphatic heterocycles. The van der Waals surface area contributed by atoms with Crippen molar-refractivity contribution in [1.82, 2.24) is 0 Å². The molecule has 11 heavy (non-hydrogen) atoms. The normalized spacial score (nSPS) is 55.0. The van der Waals surface area contributed by atoms with Crippen molar-refractivity contribution >= 4 is 0 Å². The van der Waals surface area contributed by atoms with Crippen molar-refractivity contribution < 1.29 is 20.0 Å². The van der Waals surface area contributed by atoms with Crippen LogP contribution in [0.1, 0.15) is 6.92 Å². The Balaban J connectivity index is 2.35. The van der Waals surface area contributed by atoms with Gasteiger partial charge in [0.2, 0.25) is 0 Å². The topological polar surface area (TPSA) is 58.9 Å². The Kier molecular flexibility index (Phi) is 1.34. The fraction of sp³-hybridized carbons (Fsp3) is 0.714. The number of fused-ring (bicyclic) bond motifs is 2. The molecule has 4 heteroatoms. The molecule has 4 atom stereocenters. The maximum absolute atomic E-state index is 9.42. The summed E-state index contributed by atoms with van der Waals surface area (Å²) in [6.45, 7) is 1.66.